The van der Waals surface area contributed by atoms with Gasteiger partial charge in [0.15, 0.2) is 0 Å². The van der Waals surface area contributed by atoms with E-state index in [1.807, 2.05) is 39.8 Å². The van der Waals surface area contributed by atoms with Crippen LogP contribution in [0.2, 0.25) is 0 Å². The molecule has 172 valence electrons. The van der Waals surface area contributed by atoms with E-state index in [-0.39, 0.29) is 35.1 Å². The minimum Gasteiger partial charge on any atom is -0.355 e. The molecule has 30 heavy (non-hydrogen) atoms. The zero-order valence-corrected chi connectivity index (χ0v) is 20.1. The summed E-state index contributed by atoms with van der Waals surface area (Å²) in [6.07, 6.45) is 2.99. The second kappa shape index (κ2) is 9.67. The number of piperidine rings is 1. The number of hydrogen-bond donors (Lipinski definition) is 1. The van der Waals surface area contributed by atoms with Gasteiger partial charge in [-0.1, -0.05) is 34.6 Å². The first-order chi connectivity index (χ1) is 13.8. The summed E-state index contributed by atoms with van der Waals surface area (Å²) in [5.74, 6) is 0.156. The fourth-order valence-corrected chi connectivity index (χ4v) is 4.65. The fraction of sp³-hybridized carbons (Fsp3) is 0.870. The van der Waals surface area contributed by atoms with Crippen molar-refractivity contribution in [2.45, 2.75) is 66.3 Å². The van der Waals surface area contributed by atoms with E-state index in [1.165, 1.54) is 0 Å². The second-order valence-corrected chi connectivity index (χ2v) is 11.1. The Balaban J connectivity index is 1.85. The van der Waals surface area contributed by atoms with Gasteiger partial charge in [0.1, 0.15) is 6.04 Å². The van der Waals surface area contributed by atoms with E-state index < -0.39 is 5.41 Å². The predicted octanol–water partition coefficient (Wildman–Crippen LogP) is 1.97. The average molecular weight is 423 g/mol. The van der Waals surface area contributed by atoms with Crippen molar-refractivity contribution in [3.8, 4) is 0 Å². The SMILES string of the molecule is CN(C)CC(C)(C)CNC(=O)C1CCN(C(=O)C2CCCN2C(=O)C(C)(C)C)CC1. The van der Waals surface area contributed by atoms with Crippen LogP contribution in [0.3, 0.4) is 0 Å². The molecule has 1 unspecified atom stereocenters. The maximum absolute atomic E-state index is 13.1. The normalized spacial score (nSPS) is 21.3. The Morgan fingerprint density at radius 1 is 0.967 bits per heavy atom. The molecule has 3 amide bonds. The van der Waals surface area contributed by atoms with E-state index in [9.17, 15) is 14.4 Å². The molecule has 0 aromatic heterocycles. The van der Waals surface area contributed by atoms with E-state index in [0.717, 1.165) is 19.4 Å². The van der Waals surface area contributed by atoms with Gasteiger partial charge in [-0.3, -0.25) is 14.4 Å². The number of nitrogens with one attached hydrogen (secondary N) is 1. The molecule has 2 rings (SSSR count). The number of carbonyl (C=O) groups is 3. The molecule has 0 aliphatic carbocycles. The van der Waals surface area contributed by atoms with Crippen molar-refractivity contribution < 1.29 is 14.4 Å². The number of rotatable bonds is 6. The number of carbonyl (C=O) groups excluding carboxylic acids is 3. The van der Waals surface area contributed by atoms with Gasteiger partial charge >= 0.3 is 0 Å². The Labute approximate surface area is 182 Å². The van der Waals surface area contributed by atoms with Crippen molar-refractivity contribution in [2.24, 2.45) is 16.7 Å². The molecule has 0 saturated carbocycles. The summed E-state index contributed by atoms with van der Waals surface area (Å²) in [5.41, 5.74) is -0.463. The average Bonchev–Trinajstić information content (AvgIpc) is 3.12. The Morgan fingerprint density at radius 2 is 1.57 bits per heavy atom. The molecule has 2 heterocycles. The molecule has 0 aromatic carbocycles. The number of hydrogen-bond acceptors (Lipinski definition) is 4. The molecular formula is C23H42N4O3. The molecule has 1 atom stereocenters. The molecule has 0 aromatic rings. The Kier molecular flexibility index (Phi) is 7.94. The van der Waals surface area contributed by atoms with Crippen LogP contribution in [0.4, 0.5) is 0 Å². The minimum absolute atomic E-state index is 0.0152. The lowest BCUT2D eigenvalue weighted by Gasteiger charge is -2.37. The van der Waals surface area contributed by atoms with Crippen LogP contribution in [0.1, 0.15) is 60.3 Å². The topological polar surface area (TPSA) is 73.0 Å². The van der Waals surface area contributed by atoms with Gasteiger partial charge in [-0.25, -0.2) is 0 Å². The van der Waals surface area contributed by atoms with Gasteiger partial charge in [-0.05, 0) is 45.2 Å². The first-order valence-corrected chi connectivity index (χ1v) is 11.3. The maximum Gasteiger partial charge on any atom is 0.245 e. The van der Waals surface area contributed by atoms with Crippen LogP contribution in [0, 0.1) is 16.7 Å². The molecule has 2 aliphatic heterocycles. The van der Waals surface area contributed by atoms with Gasteiger partial charge in [0.2, 0.25) is 17.7 Å². The third-order valence-corrected chi connectivity index (χ3v) is 6.10. The molecular weight excluding hydrogens is 380 g/mol. The van der Waals surface area contributed by atoms with E-state index in [2.05, 4.69) is 24.1 Å². The molecule has 0 spiro atoms. The smallest absolute Gasteiger partial charge is 0.245 e. The largest absolute Gasteiger partial charge is 0.355 e. The summed E-state index contributed by atoms with van der Waals surface area (Å²) in [4.78, 5) is 44.2. The van der Waals surface area contributed by atoms with Gasteiger partial charge in [0.25, 0.3) is 0 Å². The molecule has 2 fully saturated rings. The summed E-state index contributed by atoms with van der Waals surface area (Å²) >= 11 is 0. The lowest BCUT2D eigenvalue weighted by molar-refractivity contribution is -0.149. The monoisotopic (exact) mass is 422 g/mol. The van der Waals surface area contributed by atoms with Crippen molar-refractivity contribution in [1.82, 2.24) is 20.0 Å². The predicted molar refractivity (Wildman–Crippen MR) is 119 cm³/mol. The van der Waals surface area contributed by atoms with Crippen LogP contribution in [-0.4, -0.2) is 85.3 Å². The summed E-state index contributed by atoms with van der Waals surface area (Å²) in [6.45, 7) is 13.4. The molecule has 7 heteroatoms. The molecule has 0 bridgehead atoms. The third kappa shape index (κ3) is 6.43. The molecule has 1 N–H and O–H groups in total. The van der Waals surface area contributed by atoms with Crippen LogP contribution in [0.5, 0.6) is 0 Å². The fourth-order valence-electron chi connectivity index (χ4n) is 4.65. The third-order valence-electron chi connectivity index (χ3n) is 6.10. The number of amides is 3. The van der Waals surface area contributed by atoms with E-state index in [0.29, 0.717) is 39.0 Å². The summed E-state index contributed by atoms with van der Waals surface area (Å²) in [7, 11) is 4.08. The van der Waals surface area contributed by atoms with Crippen LogP contribution >= 0.6 is 0 Å². The van der Waals surface area contributed by atoms with Gasteiger partial charge in [-0.15, -0.1) is 0 Å². The highest BCUT2D eigenvalue weighted by Crippen LogP contribution is 2.28. The zero-order valence-electron chi connectivity index (χ0n) is 20.1. The van der Waals surface area contributed by atoms with Crippen molar-refractivity contribution in [2.75, 3.05) is 46.8 Å². The van der Waals surface area contributed by atoms with Crippen molar-refractivity contribution in [1.29, 1.82) is 0 Å². The van der Waals surface area contributed by atoms with Gasteiger partial charge in [0.05, 0.1) is 0 Å². The molecule has 0 radical (unpaired) electrons. The molecule has 2 aliphatic rings. The summed E-state index contributed by atoms with van der Waals surface area (Å²) in [5, 5.41) is 3.11. The lowest BCUT2D eigenvalue weighted by atomic mass is 9.91. The molecule has 7 nitrogen and oxygen atoms in total. The highest BCUT2D eigenvalue weighted by molar-refractivity contribution is 5.90. The maximum atomic E-state index is 13.1. The summed E-state index contributed by atoms with van der Waals surface area (Å²) in [6, 6.07) is -0.339. The molecule has 2 saturated heterocycles. The van der Waals surface area contributed by atoms with Crippen LogP contribution in [-0.2, 0) is 14.4 Å². The first kappa shape index (κ1) is 24.6. The second-order valence-electron chi connectivity index (χ2n) is 11.1. The Bertz CT molecular complexity index is 631. The highest BCUT2D eigenvalue weighted by atomic mass is 16.2. The quantitative estimate of drug-likeness (QED) is 0.710. The van der Waals surface area contributed by atoms with E-state index in [1.54, 1.807) is 4.90 Å². The number of nitrogens with zero attached hydrogens (tertiary/aromatic N) is 3. The van der Waals surface area contributed by atoms with E-state index in [4.69, 9.17) is 0 Å². The summed E-state index contributed by atoms with van der Waals surface area (Å²) < 4.78 is 0. The zero-order chi connectivity index (χ0) is 22.7. The Hall–Kier alpha value is -1.63. The highest BCUT2D eigenvalue weighted by Gasteiger charge is 2.41. The van der Waals surface area contributed by atoms with Crippen molar-refractivity contribution in [3.05, 3.63) is 0 Å². The van der Waals surface area contributed by atoms with Crippen LogP contribution < -0.4 is 5.32 Å². The Morgan fingerprint density at radius 3 is 2.10 bits per heavy atom. The van der Waals surface area contributed by atoms with Crippen LogP contribution in [0.15, 0.2) is 0 Å². The van der Waals surface area contributed by atoms with Crippen molar-refractivity contribution >= 4 is 17.7 Å². The van der Waals surface area contributed by atoms with Gasteiger partial charge in [0, 0.05) is 44.1 Å². The standard InChI is InChI=1S/C23H42N4O3/c1-22(2,3)21(30)27-12-8-9-18(27)20(29)26-13-10-17(11-14-26)19(28)24-15-23(4,5)16-25(6)7/h17-18H,8-16H2,1-7H3,(H,24,28). The number of likely N-dealkylation sites (tertiary alicyclic amines) is 2. The lowest BCUT2D eigenvalue weighted by Crippen LogP contribution is -2.53. The van der Waals surface area contributed by atoms with Gasteiger partial charge < -0.3 is 20.0 Å². The van der Waals surface area contributed by atoms with Crippen LogP contribution in [0.25, 0.3) is 0 Å². The first-order valence-electron chi connectivity index (χ1n) is 11.3. The van der Waals surface area contributed by atoms with Crippen molar-refractivity contribution in [3.63, 3.8) is 0 Å². The minimum atomic E-state index is -0.478. The van der Waals surface area contributed by atoms with Gasteiger partial charge in [-0.2, -0.15) is 0 Å². The van der Waals surface area contributed by atoms with E-state index >= 15 is 0 Å².